The molecular formula is C30H37F5N2O4. The molecule has 2 heterocycles. The van der Waals surface area contributed by atoms with Gasteiger partial charge in [0.15, 0.2) is 0 Å². The summed E-state index contributed by atoms with van der Waals surface area (Å²) < 4.78 is 73.5. The molecule has 2 aliphatic heterocycles. The Morgan fingerprint density at radius 2 is 1.63 bits per heavy atom. The highest BCUT2D eigenvalue weighted by Gasteiger charge is 2.51. The summed E-state index contributed by atoms with van der Waals surface area (Å²) in [5, 5.41) is 11.7. The number of allylic oxidation sites excluding steroid dienone is 2. The summed E-state index contributed by atoms with van der Waals surface area (Å²) >= 11 is 0. The van der Waals surface area contributed by atoms with E-state index in [1.807, 2.05) is 0 Å². The lowest BCUT2D eigenvalue weighted by atomic mass is 9.68. The second-order valence-electron chi connectivity index (χ2n) is 12.5. The first-order valence-corrected chi connectivity index (χ1v) is 13.8. The average molecular weight is 585 g/mol. The molecule has 1 N–H and O–H groups in total. The van der Waals surface area contributed by atoms with E-state index in [1.54, 1.807) is 39.5 Å². The molecule has 2 amide bonds. The van der Waals surface area contributed by atoms with E-state index in [-0.39, 0.29) is 44.1 Å². The summed E-state index contributed by atoms with van der Waals surface area (Å²) in [6, 6.07) is 3.13. The Labute approximate surface area is 236 Å². The fourth-order valence-electron chi connectivity index (χ4n) is 6.29. The van der Waals surface area contributed by atoms with E-state index in [4.69, 9.17) is 4.74 Å². The van der Waals surface area contributed by atoms with E-state index >= 15 is 0 Å². The Bertz CT molecular complexity index is 1230. The maximum atomic E-state index is 14.9. The van der Waals surface area contributed by atoms with E-state index in [1.165, 1.54) is 23.1 Å². The number of rotatable bonds is 3. The van der Waals surface area contributed by atoms with Crippen molar-refractivity contribution < 1.29 is 41.4 Å². The third kappa shape index (κ3) is 6.29. The molecule has 0 saturated carbocycles. The monoisotopic (exact) mass is 584 g/mol. The SMILES string of the molecule is C[C@@H]1CN(C(=O)[C@@H]2CN(C(=O)OC(C)(C)C)C[C@H]2c2ccc(F)cc2F)C[C@H](C)C1(O)C1=CCC(C(F)(F)F)C=C1. The van der Waals surface area contributed by atoms with E-state index in [2.05, 4.69) is 0 Å². The van der Waals surface area contributed by atoms with Crippen LogP contribution in [-0.2, 0) is 9.53 Å². The first-order valence-electron chi connectivity index (χ1n) is 13.8. The lowest BCUT2D eigenvalue weighted by molar-refractivity contribution is -0.161. The average Bonchev–Trinajstić information content (AvgIpc) is 3.30. The Morgan fingerprint density at radius 1 is 1.00 bits per heavy atom. The third-order valence-electron chi connectivity index (χ3n) is 8.44. The fourth-order valence-corrected chi connectivity index (χ4v) is 6.29. The molecule has 2 fully saturated rings. The molecule has 6 nitrogen and oxygen atoms in total. The van der Waals surface area contributed by atoms with Gasteiger partial charge in [0.25, 0.3) is 0 Å². The quantitative estimate of drug-likeness (QED) is 0.455. The highest BCUT2D eigenvalue weighted by Crippen LogP contribution is 2.44. The molecule has 41 heavy (non-hydrogen) atoms. The minimum absolute atomic E-state index is 0.00515. The Balaban J connectivity index is 1.56. The summed E-state index contributed by atoms with van der Waals surface area (Å²) in [5.74, 6) is -6.21. The zero-order valence-corrected chi connectivity index (χ0v) is 23.8. The molecule has 11 heteroatoms. The molecular weight excluding hydrogens is 547 g/mol. The van der Waals surface area contributed by atoms with Crippen LogP contribution in [-0.4, -0.2) is 70.5 Å². The Kier molecular flexibility index (Phi) is 8.34. The van der Waals surface area contributed by atoms with Crippen LogP contribution in [0, 0.1) is 35.3 Å². The maximum absolute atomic E-state index is 14.9. The summed E-state index contributed by atoms with van der Waals surface area (Å²) in [6.45, 7) is 8.76. The largest absolute Gasteiger partial charge is 0.444 e. The van der Waals surface area contributed by atoms with Crippen molar-refractivity contribution in [3.63, 3.8) is 0 Å². The first kappa shape index (κ1) is 31.0. The zero-order valence-electron chi connectivity index (χ0n) is 23.8. The van der Waals surface area contributed by atoms with Crippen molar-refractivity contribution in [3.8, 4) is 0 Å². The van der Waals surface area contributed by atoms with Gasteiger partial charge in [-0.15, -0.1) is 0 Å². The number of alkyl halides is 3. The highest BCUT2D eigenvalue weighted by molar-refractivity contribution is 5.82. The van der Waals surface area contributed by atoms with Gasteiger partial charge in [-0.2, -0.15) is 13.2 Å². The van der Waals surface area contributed by atoms with E-state index in [9.17, 15) is 36.6 Å². The summed E-state index contributed by atoms with van der Waals surface area (Å²) in [6.07, 6.45) is -1.48. The standard InChI is InChI=1S/C30H37F5N2O4/c1-17-13-36(14-18(2)29(17,40)19-6-8-20(9-7-19)30(33,34)35)26(38)24-16-37(27(39)41-28(3,4)5)15-23(24)22-11-10-21(31)12-25(22)32/h6-8,10-12,17-18,20,23-24,40H,9,13-16H2,1-5H3/t17-,18+,20?,23-,24+,29?/m0/s1. The van der Waals surface area contributed by atoms with E-state index in [0.717, 1.165) is 18.2 Å². The molecule has 3 aliphatic rings. The number of likely N-dealkylation sites (tertiary alicyclic amines) is 2. The first-order chi connectivity index (χ1) is 18.9. The molecule has 6 atom stereocenters. The van der Waals surface area contributed by atoms with Gasteiger partial charge in [-0.1, -0.05) is 38.1 Å². The molecule has 226 valence electrons. The predicted octanol–water partition coefficient (Wildman–Crippen LogP) is 5.83. The van der Waals surface area contributed by atoms with Gasteiger partial charge in [0, 0.05) is 50.0 Å². The van der Waals surface area contributed by atoms with Gasteiger partial charge in [-0.25, -0.2) is 13.6 Å². The number of aliphatic hydroxyl groups is 1. The number of piperidine rings is 1. The van der Waals surface area contributed by atoms with Crippen LogP contribution in [0.15, 0.2) is 42.0 Å². The van der Waals surface area contributed by atoms with Gasteiger partial charge >= 0.3 is 12.3 Å². The van der Waals surface area contributed by atoms with Gasteiger partial charge in [-0.05, 0) is 44.4 Å². The van der Waals surface area contributed by atoms with Crippen molar-refractivity contribution in [2.24, 2.45) is 23.7 Å². The lowest BCUT2D eigenvalue weighted by Crippen LogP contribution is -2.59. The molecule has 1 aromatic carbocycles. The van der Waals surface area contributed by atoms with Crippen LogP contribution in [0.3, 0.4) is 0 Å². The number of nitrogens with zero attached hydrogens (tertiary/aromatic N) is 2. The van der Waals surface area contributed by atoms with Crippen LogP contribution >= 0.6 is 0 Å². The van der Waals surface area contributed by atoms with Crippen molar-refractivity contribution in [2.45, 2.75) is 64.3 Å². The van der Waals surface area contributed by atoms with Crippen LogP contribution < -0.4 is 0 Å². The number of hydrogen-bond acceptors (Lipinski definition) is 4. The zero-order chi connectivity index (χ0) is 30.5. The van der Waals surface area contributed by atoms with Crippen LogP contribution in [0.2, 0.25) is 0 Å². The summed E-state index contributed by atoms with van der Waals surface area (Å²) in [5.41, 5.74) is -1.74. The molecule has 2 unspecified atom stereocenters. The Hall–Kier alpha value is -2.95. The van der Waals surface area contributed by atoms with Crippen LogP contribution in [0.5, 0.6) is 0 Å². The molecule has 1 aliphatic carbocycles. The van der Waals surface area contributed by atoms with Gasteiger partial charge in [0.1, 0.15) is 17.2 Å². The van der Waals surface area contributed by atoms with Crippen molar-refractivity contribution in [1.82, 2.24) is 9.80 Å². The second kappa shape index (κ2) is 11.0. The molecule has 0 radical (unpaired) electrons. The van der Waals surface area contributed by atoms with Gasteiger partial charge in [-0.3, -0.25) is 4.79 Å². The van der Waals surface area contributed by atoms with Gasteiger partial charge in [0.05, 0.1) is 17.4 Å². The number of hydrogen-bond donors (Lipinski definition) is 1. The van der Waals surface area contributed by atoms with Crippen LogP contribution in [0.25, 0.3) is 0 Å². The van der Waals surface area contributed by atoms with E-state index < -0.39 is 64.7 Å². The summed E-state index contributed by atoms with van der Waals surface area (Å²) in [4.78, 5) is 29.8. The molecule has 0 spiro atoms. The van der Waals surface area contributed by atoms with Crippen LogP contribution in [0.1, 0.15) is 52.5 Å². The third-order valence-corrected chi connectivity index (χ3v) is 8.44. The van der Waals surface area contributed by atoms with Crippen molar-refractivity contribution in [3.05, 3.63) is 59.2 Å². The smallest absolute Gasteiger partial charge is 0.410 e. The molecule has 2 saturated heterocycles. The van der Waals surface area contributed by atoms with Crippen LogP contribution in [0.4, 0.5) is 26.7 Å². The second-order valence-corrected chi connectivity index (χ2v) is 12.5. The number of carbonyl (C=O) groups excluding carboxylic acids is 2. The van der Waals surface area contributed by atoms with Crippen molar-refractivity contribution >= 4 is 12.0 Å². The molecule has 0 aromatic heterocycles. The molecule has 4 rings (SSSR count). The van der Waals surface area contributed by atoms with Crippen molar-refractivity contribution in [1.29, 1.82) is 0 Å². The number of halogens is 5. The van der Waals surface area contributed by atoms with Gasteiger partial charge < -0.3 is 19.6 Å². The highest BCUT2D eigenvalue weighted by atomic mass is 19.4. The number of benzene rings is 1. The Morgan fingerprint density at radius 3 is 2.15 bits per heavy atom. The minimum atomic E-state index is -4.37. The topological polar surface area (TPSA) is 70.1 Å². The molecule has 0 bridgehead atoms. The molecule has 1 aromatic rings. The van der Waals surface area contributed by atoms with Gasteiger partial charge in [0.2, 0.25) is 5.91 Å². The number of ether oxygens (including phenoxy) is 1. The number of amides is 2. The lowest BCUT2D eigenvalue weighted by Gasteiger charge is -2.49. The fraction of sp³-hybridized carbons (Fsp3) is 0.600. The maximum Gasteiger partial charge on any atom is 0.410 e. The normalized spacial score (nSPS) is 30.8. The summed E-state index contributed by atoms with van der Waals surface area (Å²) in [7, 11) is 0. The number of carbonyl (C=O) groups is 2. The minimum Gasteiger partial charge on any atom is -0.444 e. The van der Waals surface area contributed by atoms with Crippen molar-refractivity contribution in [2.75, 3.05) is 26.2 Å². The predicted molar refractivity (Wildman–Crippen MR) is 142 cm³/mol. The van der Waals surface area contributed by atoms with E-state index in [0.29, 0.717) is 5.57 Å².